The number of hydrogen-bond acceptors (Lipinski definition) is 4. The van der Waals surface area contributed by atoms with Crippen molar-refractivity contribution in [2.45, 2.75) is 6.92 Å². The summed E-state index contributed by atoms with van der Waals surface area (Å²) in [6.45, 7) is 3.00. The standard InChI is InChI=1S/C68H48N6O/c1-44-38-67(69-42-56(44)68-64(72-57-26-10-6-22-50(57)51-23-7-11-27-58(51)72)32-17-33-65(68)73-59-28-12-8-24-52(59)53-25-9-13-29-60(53)73)74-61-37-34-46(45-18-4-3-5-19-45)39-55(61)54-36-35-49(41-66(54)74)75-48-21-16-20-47(40-48)71-43-70(2)62-30-14-15-31-63(62)71/h3-42H,43H2,1-2H3. The first-order valence-corrected chi connectivity index (χ1v) is 25.6. The third-order valence-corrected chi connectivity index (χ3v) is 15.4. The topological polar surface area (TPSA) is 43.4 Å². The second-order valence-corrected chi connectivity index (χ2v) is 19.7. The maximum atomic E-state index is 6.82. The first kappa shape index (κ1) is 42.8. The molecular weight excluding hydrogens is 917 g/mol. The summed E-state index contributed by atoms with van der Waals surface area (Å²) in [5.41, 5.74) is 17.9. The second kappa shape index (κ2) is 16.9. The number of para-hydroxylation sites is 6. The minimum atomic E-state index is 0.746. The van der Waals surface area contributed by atoms with Gasteiger partial charge in [-0.2, -0.15) is 0 Å². The highest BCUT2D eigenvalue weighted by molar-refractivity contribution is 6.13. The van der Waals surface area contributed by atoms with Crippen LogP contribution in [-0.4, -0.2) is 32.4 Å². The monoisotopic (exact) mass is 964 g/mol. The summed E-state index contributed by atoms with van der Waals surface area (Å²) < 4.78 is 14.0. The molecule has 0 N–H and O–H groups in total. The van der Waals surface area contributed by atoms with E-state index < -0.39 is 0 Å². The molecule has 356 valence electrons. The van der Waals surface area contributed by atoms with Crippen molar-refractivity contribution in [2.75, 3.05) is 23.5 Å². The largest absolute Gasteiger partial charge is 0.457 e. The lowest BCUT2D eigenvalue weighted by Crippen LogP contribution is -2.23. The van der Waals surface area contributed by atoms with Crippen molar-refractivity contribution < 1.29 is 4.74 Å². The summed E-state index contributed by atoms with van der Waals surface area (Å²) >= 11 is 0. The van der Waals surface area contributed by atoms with Crippen LogP contribution < -0.4 is 14.5 Å². The number of fused-ring (bicyclic) bond motifs is 10. The van der Waals surface area contributed by atoms with Crippen LogP contribution in [0.15, 0.2) is 243 Å². The number of ether oxygens (including phenoxy) is 1. The Balaban J connectivity index is 0.925. The lowest BCUT2D eigenvalue weighted by Gasteiger charge is -2.21. The third-order valence-electron chi connectivity index (χ3n) is 15.4. The molecule has 0 bridgehead atoms. The number of anilines is 3. The van der Waals surface area contributed by atoms with Gasteiger partial charge < -0.3 is 23.7 Å². The van der Waals surface area contributed by atoms with Gasteiger partial charge in [0.25, 0.3) is 0 Å². The van der Waals surface area contributed by atoms with Gasteiger partial charge in [0.05, 0.1) is 62.5 Å². The van der Waals surface area contributed by atoms with E-state index in [0.29, 0.717) is 0 Å². The van der Waals surface area contributed by atoms with Crippen LogP contribution in [0, 0.1) is 6.92 Å². The predicted octanol–water partition coefficient (Wildman–Crippen LogP) is 17.4. The zero-order valence-electron chi connectivity index (χ0n) is 41.4. The Bertz CT molecular complexity index is 4360. The molecule has 0 atom stereocenters. The summed E-state index contributed by atoms with van der Waals surface area (Å²) in [7, 11) is 2.14. The molecule has 0 unspecified atom stereocenters. The summed E-state index contributed by atoms with van der Waals surface area (Å²) in [6.07, 6.45) is 2.10. The Morgan fingerprint density at radius 3 is 1.56 bits per heavy atom. The molecule has 0 amide bonds. The van der Waals surface area contributed by atoms with Gasteiger partial charge in [-0.15, -0.1) is 0 Å². The Hall–Kier alpha value is -9.85. The smallest absolute Gasteiger partial charge is 0.137 e. The molecule has 1 aliphatic heterocycles. The first-order valence-electron chi connectivity index (χ1n) is 25.6. The highest BCUT2D eigenvalue weighted by atomic mass is 16.5. The van der Waals surface area contributed by atoms with Gasteiger partial charge in [0.1, 0.15) is 17.3 Å². The fraction of sp³-hybridized carbons (Fsp3) is 0.0441. The zero-order chi connectivity index (χ0) is 49.7. The summed E-state index contributed by atoms with van der Waals surface area (Å²) in [6, 6.07) is 84.9. The van der Waals surface area contributed by atoms with Crippen LogP contribution in [0.3, 0.4) is 0 Å². The van der Waals surface area contributed by atoms with Crippen molar-refractivity contribution >= 4 is 82.5 Å². The highest BCUT2D eigenvalue weighted by Gasteiger charge is 2.26. The summed E-state index contributed by atoms with van der Waals surface area (Å²) in [5.74, 6) is 2.34. The van der Waals surface area contributed by atoms with Crippen LogP contribution in [0.5, 0.6) is 11.5 Å². The van der Waals surface area contributed by atoms with E-state index >= 15 is 0 Å². The van der Waals surface area contributed by atoms with Gasteiger partial charge in [-0.05, 0) is 115 Å². The van der Waals surface area contributed by atoms with Gasteiger partial charge in [0.2, 0.25) is 0 Å². The van der Waals surface area contributed by atoms with Gasteiger partial charge in [0.15, 0.2) is 0 Å². The van der Waals surface area contributed by atoms with E-state index in [0.717, 1.165) is 107 Å². The molecule has 0 aliphatic carbocycles. The van der Waals surface area contributed by atoms with Crippen LogP contribution in [0.25, 0.3) is 105 Å². The molecule has 7 heteroatoms. The lowest BCUT2D eigenvalue weighted by atomic mass is 9.98. The van der Waals surface area contributed by atoms with Gasteiger partial charge >= 0.3 is 0 Å². The molecule has 0 saturated heterocycles. The summed E-state index contributed by atoms with van der Waals surface area (Å²) in [4.78, 5) is 10.1. The molecule has 0 radical (unpaired) electrons. The molecule has 4 aromatic heterocycles. The first-order chi connectivity index (χ1) is 37.0. The van der Waals surface area contributed by atoms with Gasteiger partial charge in [0, 0.05) is 74.5 Å². The zero-order valence-corrected chi connectivity index (χ0v) is 41.4. The van der Waals surface area contributed by atoms with Crippen molar-refractivity contribution in [3.05, 3.63) is 248 Å². The van der Waals surface area contributed by atoms with Crippen molar-refractivity contribution in [3.8, 4) is 50.9 Å². The van der Waals surface area contributed by atoms with E-state index in [4.69, 9.17) is 9.72 Å². The normalized spacial score (nSPS) is 12.6. The van der Waals surface area contributed by atoms with Crippen LogP contribution in [0.1, 0.15) is 5.56 Å². The fourth-order valence-corrected chi connectivity index (χ4v) is 12.0. The van der Waals surface area contributed by atoms with E-state index in [-0.39, 0.29) is 0 Å². The molecule has 0 fully saturated rings. The van der Waals surface area contributed by atoms with Crippen LogP contribution in [-0.2, 0) is 0 Å². The SMILES string of the molecule is Cc1cc(-n2c3ccc(-c4ccccc4)cc3c3ccc(Oc4cccc(N5CN(C)c6ccccc65)c4)cc32)ncc1-c1c(-n2c3ccccc3c3ccccc32)cccc1-n1c2ccccc2c2ccccc21. The highest BCUT2D eigenvalue weighted by Crippen LogP contribution is 2.45. The number of benzene rings is 10. The fourth-order valence-electron chi connectivity index (χ4n) is 12.0. The molecule has 14 aromatic rings. The molecule has 5 heterocycles. The number of aromatic nitrogens is 4. The number of nitrogens with zero attached hydrogens (tertiary/aromatic N) is 6. The minimum absolute atomic E-state index is 0.746. The average Bonchev–Trinajstić information content (AvgIpc) is 4.22. The van der Waals surface area contributed by atoms with Crippen molar-refractivity contribution in [2.24, 2.45) is 0 Å². The molecule has 0 spiro atoms. The lowest BCUT2D eigenvalue weighted by molar-refractivity contribution is 0.483. The molecule has 1 aliphatic rings. The average molecular weight is 965 g/mol. The van der Waals surface area contributed by atoms with E-state index in [1.165, 1.54) is 38.5 Å². The predicted molar refractivity (Wildman–Crippen MR) is 311 cm³/mol. The maximum absolute atomic E-state index is 6.82. The molecule has 0 saturated carbocycles. The van der Waals surface area contributed by atoms with E-state index in [2.05, 4.69) is 274 Å². The van der Waals surface area contributed by atoms with Crippen molar-refractivity contribution in [1.82, 2.24) is 18.7 Å². The number of pyridine rings is 1. The summed E-state index contributed by atoms with van der Waals surface area (Å²) in [5, 5.41) is 7.13. The van der Waals surface area contributed by atoms with Gasteiger partial charge in [-0.3, -0.25) is 4.57 Å². The Morgan fingerprint density at radius 2 is 0.920 bits per heavy atom. The molecule has 7 nitrogen and oxygen atoms in total. The van der Waals surface area contributed by atoms with Crippen LogP contribution in [0.4, 0.5) is 17.1 Å². The van der Waals surface area contributed by atoms with E-state index in [9.17, 15) is 0 Å². The van der Waals surface area contributed by atoms with Crippen molar-refractivity contribution in [1.29, 1.82) is 0 Å². The Morgan fingerprint density at radius 1 is 0.387 bits per heavy atom. The molecule has 75 heavy (non-hydrogen) atoms. The van der Waals surface area contributed by atoms with Crippen LogP contribution in [0.2, 0.25) is 0 Å². The Kier molecular flexibility index (Phi) is 9.63. The Labute approximate surface area is 433 Å². The molecule has 10 aromatic carbocycles. The molecular formula is C68H48N6O. The van der Waals surface area contributed by atoms with Crippen molar-refractivity contribution in [3.63, 3.8) is 0 Å². The van der Waals surface area contributed by atoms with Gasteiger partial charge in [-0.1, -0.05) is 133 Å². The number of hydrogen-bond donors (Lipinski definition) is 0. The van der Waals surface area contributed by atoms with E-state index in [1.54, 1.807) is 0 Å². The van der Waals surface area contributed by atoms with Gasteiger partial charge in [-0.25, -0.2) is 4.98 Å². The maximum Gasteiger partial charge on any atom is 0.137 e. The van der Waals surface area contributed by atoms with Crippen LogP contribution >= 0.6 is 0 Å². The number of rotatable bonds is 8. The van der Waals surface area contributed by atoms with E-state index in [1.807, 2.05) is 6.07 Å². The minimum Gasteiger partial charge on any atom is -0.457 e. The third kappa shape index (κ3) is 6.71. The second-order valence-electron chi connectivity index (χ2n) is 19.7. The quantitative estimate of drug-likeness (QED) is 0.152. The molecule has 15 rings (SSSR count). The number of aryl methyl sites for hydroxylation is 1.